The van der Waals surface area contributed by atoms with Crippen LogP contribution in [0.5, 0.6) is 0 Å². The van der Waals surface area contributed by atoms with Crippen LogP contribution in [0.2, 0.25) is 0 Å². The van der Waals surface area contributed by atoms with Crippen LogP contribution >= 0.6 is 0 Å². The minimum absolute atomic E-state index is 0.140. The largest absolute Gasteiger partial charge is 0.372 e. The van der Waals surface area contributed by atoms with Gasteiger partial charge in [0.1, 0.15) is 12.0 Å². The highest BCUT2D eigenvalue weighted by Gasteiger charge is 2.32. The van der Waals surface area contributed by atoms with E-state index in [0.29, 0.717) is 18.3 Å². The van der Waals surface area contributed by atoms with Crippen LogP contribution in [0.1, 0.15) is 30.6 Å². The van der Waals surface area contributed by atoms with Gasteiger partial charge in [-0.1, -0.05) is 6.92 Å². The molecule has 0 aliphatic carbocycles. The van der Waals surface area contributed by atoms with E-state index in [9.17, 15) is 14.9 Å². The van der Waals surface area contributed by atoms with Crippen molar-refractivity contribution in [3.05, 3.63) is 27.9 Å². The van der Waals surface area contributed by atoms with Gasteiger partial charge in [-0.2, -0.15) is 0 Å². The van der Waals surface area contributed by atoms with Gasteiger partial charge in [-0.05, 0) is 19.3 Å². The fraction of sp³-hybridized carbons (Fsp3) is 0.538. The van der Waals surface area contributed by atoms with E-state index in [1.54, 1.807) is 11.9 Å². The van der Waals surface area contributed by atoms with Crippen LogP contribution in [0.25, 0.3) is 0 Å². The monoisotopic (exact) mass is 278 g/mol. The van der Waals surface area contributed by atoms with Crippen molar-refractivity contribution >= 4 is 17.4 Å². The van der Waals surface area contributed by atoms with Crippen molar-refractivity contribution in [3.63, 3.8) is 0 Å². The zero-order valence-electron chi connectivity index (χ0n) is 11.8. The maximum Gasteiger partial charge on any atom is 0.288 e. The molecule has 1 amide bonds. The zero-order chi connectivity index (χ0) is 14.9. The van der Waals surface area contributed by atoms with Gasteiger partial charge in [-0.3, -0.25) is 14.9 Å². The molecule has 0 bridgehead atoms. The highest BCUT2D eigenvalue weighted by Crippen LogP contribution is 2.27. The van der Waals surface area contributed by atoms with Gasteiger partial charge in [-0.25, -0.2) is 4.98 Å². The minimum Gasteiger partial charge on any atom is -0.372 e. The second-order valence-corrected chi connectivity index (χ2v) is 5.24. The number of rotatable bonds is 3. The first kappa shape index (κ1) is 14.2. The molecule has 20 heavy (non-hydrogen) atoms. The Balaban J connectivity index is 2.37. The molecule has 0 spiro atoms. The van der Waals surface area contributed by atoms with Crippen LogP contribution < -0.4 is 5.32 Å². The van der Waals surface area contributed by atoms with Crippen LogP contribution in [0.4, 0.5) is 11.5 Å². The number of pyridine rings is 1. The molecule has 0 saturated carbocycles. The Morgan fingerprint density at radius 2 is 2.25 bits per heavy atom. The predicted octanol–water partition coefficient (Wildman–Crippen LogP) is 1.90. The third-order valence-electron chi connectivity index (χ3n) is 3.60. The van der Waals surface area contributed by atoms with Crippen molar-refractivity contribution in [3.8, 4) is 0 Å². The number of carbonyl (C=O) groups excluding carboxylic acids is 1. The smallest absolute Gasteiger partial charge is 0.288 e. The molecule has 108 valence electrons. The van der Waals surface area contributed by atoms with Gasteiger partial charge in [0.25, 0.3) is 11.6 Å². The van der Waals surface area contributed by atoms with E-state index >= 15 is 0 Å². The Morgan fingerprint density at radius 3 is 2.75 bits per heavy atom. The molecule has 1 aliphatic heterocycles. The lowest BCUT2D eigenvalue weighted by molar-refractivity contribution is -0.385. The second kappa shape index (κ2) is 5.44. The van der Waals surface area contributed by atoms with Gasteiger partial charge in [0.15, 0.2) is 0 Å². The average Bonchev–Trinajstić information content (AvgIpc) is 2.76. The maximum atomic E-state index is 12.6. The van der Waals surface area contributed by atoms with E-state index < -0.39 is 4.92 Å². The van der Waals surface area contributed by atoms with Gasteiger partial charge in [0.2, 0.25) is 0 Å². The molecule has 0 radical (unpaired) electrons. The first-order chi connectivity index (χ1) is 9.43. The van der Waals surface area contributed by atoms with Crippen LogP contribution in [0.15, 0.2) is 12.3 Å². The lowest BCUT2D eigenvalue weighted by Crippen LogP contribution is -2.34. The number of aromatic nitrogens is 1. The summed E-state index contributed by atoms with van der Waals surface area (Å²) in [4.78, 5) is 28.6. The number of nitrogens with zero attached hydrogens (tertiary/aromatic N) is 3. The molecule has 1 aliphatic rings. The minimum atomic E-state index is -0.542. The molecule has 2 unspecified atom stereocenters. The first-order valence-corrected chi connectivity index (χ1v) is 6.57. The van der Waals surface area contributed by atoms with Crippen LogP contribution in [0, 0.1) is 16.0 Å². The van der Waals surface area contributed by atoms with Crippen molar-refractivity contribution in [2.24, 2.45) is 5.92 Å². The summed E-state index contributed by atoms with van der Waals surface area (Å²) in [6, 6.07) is 1.43. The van der Waals surface area contributed by atoms with Gasteiger partial charge in [-0.15, -0.1) is 0 Å². The molecule has 2 atom stereocenters. The molecule has 0 aromatic carbocycles. The Bertz CT molecular complexity index is 546. The summed E-state index contributed by atoms with van der Waals surface area (Å²) in [6.07, 6.45) is 2.10. The van der Waals surface area contributed by atoms with Crippen molar-refractivity contribution in [1.29, 1.82) is 0 Å². The van der Waals surface area contributed by atoms with Crippen LogP contribution in [-0.2, 0) is 0 Å². The number of amides is 1. The number of hydrogen-bond donors (Lipinski definition) is 1. The molecule has 2 rings (SSSR count). The quantitative estimate of drug-likeness (QED) is 0.674. The summed E-state index contributed by atoms with van der Waals surface area (Å²) < 4.78 is 0. The first-order valence-electron chi connectivity index (χ1n) is 6.57. The van der Waals surface area contributed by atoms with Gasteiger partial charge >= 0.3 is 0 Å². The Labute approximate surface area is 117 Å². The van der Waals surface area contributed by atoms with E-state index in [2.05, 4.69) is 17.2 Å². The molecule has 1 N–H and O–H groups in total. The summed E-state index contributed by atoms with van der Waals surface area (Å²) in [5, 5.41) is 13.6. The van der Waals surface area contributed by atoms with E-state index in [1.807, 2.05) is 6.92 Å². The second-order valence-electron chi connectivity index (χ2n) is 5.24. The number of likely N-dealkylation sites (tertiary alicyclic amines) is 1. The zero-order valence-corrected chi connectivity index (χ0v) is 11.8. The topological polar surface area (TPSA) is 88.4 Å². The van der Waals surface area contributed by atoms with Crippen molar-refractivity contribution in [1.82, 2.24) is 9.88 Å². The number of carbonyl (C=O) groups is 1. The average molecular weight is 278 g/mol. The number of nitrogens with one attached hydrogen (secondary N) is 1. The standard InChI is InChI=1S/C13H18N4O3/c1-8-4-9(2)16(7-8)13(18)11-5-10(17(19)20)6-15-12(11)14-3/h5-6,8-9H,4,7H2,1-3H3,(H,14,15). The van der Waals surface area contributed by atoms with Crippen LogP contribution in [0.3, 0.4) is 0 Å². The van der Waals surface area contributed by atoms with E-state index in [4.69, 9.17) is 0 Å². The summed E-state index contributed by atoms with van der Waals surface area (Å²) in [5.74, 6) is 0.605. The van der Waals surface area contributed by atoms with Crippen molar-refractivity contribution in [2.45, 2.75) is 26.3 Å². The molecule has 7 heteroatoms. The Morgan fingerprint density at radius 1 is 1.55 bits per heavy atom. The van der Waals surface area contributed by atoms with E-state index in [0.717, 1.165) is 12.6 Å². The highest BCUT2D eigenvalue weighted by molar-refractivity contribution is 5.99. The predicted molar refractivity (Wildman–Crippen MR) is 74.7 cm³/mol. The van der Waals surface area contributed by atoms with Crippen molar-refractivity contribution < 1.29 is 9.72 Å². The molecular weight excluding hydrogens is 260 g/mol. The summed E-state index contributed by atoms with van der Waals surface area (Å²) in [6.45, 7) is 4.76. The Hall–Kier alpha value is -2.18. The molecule has 7 nitrogen and oxygen atoms in total. The number of hydrogen-bond acceptors (Lipinski definition) is 5. The van der Waals surface area contributed by atoms with E-state index in [1.165, 1.54) is 6.07 Å². The molecule has 2 heterocycles. The fourth-order valence-corrected chi connectivity index (χ4v) is 2.65. The van der Waals surface area contributed by atoms with Gasteiger partial charge in [0, 0.05) is 25.7 Å². The lowest BCUT2D eigenvalue weighted by atomic mass is 10.1. The maximum absolute atomic E-state index is 12.6. The Kier molecular flexibility index (Phi) is 3.87. The van der Waals surface area contributed by atoms with Gasteiger partial charge < -0.3 is 10.2 Å². The SMILES string of the molecule is CNc1ncc([N+](=O)[O-])cc1C(=O)N1CC(C)CC1C. The molecule has 1 fully saturated rings. The molecule has 1 aromatic heterocycles. The van der Waals surface area contributed by atoms with Crippen LogP contribution in [-0.4, -0.2) is 40.3 Å². The number of nitro groups is 1. The molecule has 1 saturated heterocycles. The summed E-state index contributed by atoms with van der Waals surface area (Å²) >= 11 is 0. The molecular formula is C13H18N4O3. The summed E-state index contributed by atoms with van der Waals surface area (Å²) in [7, 11) is 1.64. The lowest BCUT2D eigenvalue weighted by Gasteiger charge is -2.22. The third kappa shape index (κ3) is 2.56. The normalized spacial score (nSPS) is 21.9. The van der Waals surface area contributed by atoms with E-state index in [-0.39, 0.29) is 23.2 Å². The fourth-order valence-electron chi connectivity index (χ4n) is 2.65. The highest BCUT2D eigenvalue weighted by atomic mass is 16.6. The van der Waals surface area contributed by atoms with Gasteiger partial charge in [0.05, 0.1) is 10.5 Å². The third-order valence-corrected chi connectivity index (χ3v) is 3.60. The van der Waals surface area contributed by atoms with Crippen molar-refractivity contribution in [2.75, 3.05) is 18.9 Å². The number of anilines is 1. The molecule has 1 aromatic rings. The summed E-state index contributed by atoms with van der Waals surface area (Å²) in [5.41, 5.74) is 0.0786.